The minimum atomic E-state index is -0.0467. The van der Waals surface area contributed by atoms with Crippen LogP contribution in [-0.4, -0.2) is 19.9 Å². The first-order valence-electron chi connectivity index (χ1n) is 15.2. The monoisotopic (exact) mass is 578 g/mol. The van der Waals surface area contributed by atoms with Gasteiger partial charge in [0.1, 0.15) is 0 Å². The summed E-state index contributed by atoms with van der Waals surface area (Å²) in [6, 6.07) is 46.5. The maximum Gasteiger partial charge on any atom is 0.160 e. The molecule has 0 radical (unpaired) electrons. The van der Waals surface area contributed by atoms with Crippen LogP contribution in [0, 0.1) is 0 Å². The third-order valence-electron chi connectivity index (χ3n) is 8.80. The first-order chi connectivity index (χ1) is 22.0. The second kappa shape index (κ2) is 10.8. The molecule has 214 valence electrons. The van der Waals surface area contributed by atoms with Crippen LogP contribution in [0.1, 0.15) is 25.0 Å². The standard InChI is InChI=1S/C41H30N4/c1-41(2)35-17-10-9-16-33(35)34-25-29(18-19-36(34)41)30-22-31(39-42-20-11-21-43-39)24-32(23-30)40-44-37(27-12-5-3-6-13-27)26-38(45-40)28-14-7-4-8-15-28/h3-26H,1-2H3. The molecule has 2 aromatic heterocycles. The molecule has 0 atom stereocenters. The predicted molar refractivity (Wildman–Crippen MR) is 182 cm³/mol. The lowest BCUT2D eigenvalue weighted by Crippen LogP contribution is -2.14. The van der Waals surface area contributed by atoms with Crippen LogP contribution >= 0.6 is 0 Å². The highest BCUT2D eigenvalue weighted by atomic mass is 14.9. The van der Waals surface area contributed by atoms with E-state index in [2.05, 4.69) is 115 Å². The average Bonchev–Trinajstić information content (AvgIpc) is 3.34. The molecule has 0 spiro atoms. The van der Waals surface area contributed by atoms with E-state index in [9.17, 15) is 0 Å². The van der Waals surface area contributed by atoms with E-state index in [4.69, 9.17) is 9.97 Å². The van der Waals surface area contributed by atoms with E-state index in [1.165, 1.54) is 22.3 Å². The lowest BCUT2D eigenvalue weighted by atomic mass is 9.82. The molecule has 4 heteroatoms. The van der Waals surface area contributed by atoms with Gasteiger partial charge in [0.05, 0.1) is 11.4 Å². The summed E-state index contributed by atoms with van der Waals surface area (Å²) in [5.74, 6) is 1.32. The highest BCUT2D eigenvalue weighted by Crippen LogP contribution is 2.49. The molecular weight excluding hydrogens is 548 g/mol. The van der Waals surface area contributed by atoms with Crippen molar-refractivity contribution in [1.82, 2.24) is 19.9 Å². The molecule has 2 heterocycles. The summed E-state index contributed by atoms with van der Waals surface area (Å²) in [7, 11) is 0. The van der Waals surface area contributed by atoms with E-state index in [1.807, 2.05) is 42.5 Å². The summed E-state index contributed by atoms with van der Waals surface area (Å²) in [6.45, 7) is 4.62. The number of nitrogens with zero attached hydrogens (tertiary/aromatic N) is 4. The Kier molecular flexibility index (Phi) is 6.42. The molecule has 8 rings (SSSR count). The first kappa shape index (κ1) is 26.9. The highest BCUT2D eigenvalue weighted by Gasteiger charge is 2.35. The molecule has 0 saturated carbocycles. The van der Waals surface area contributed by atoms with Crippen molar-refractivity contribution in [3.8, 4) is 67.5 Å². The van der Waals surface area contributed by atoms with Crippen LogP contribution in [0.4, 0.5) is 0 Å². The molecule has 45 heavy (non-hydrogen) atoms. The Bertz CT molecular complexity index is 2110. The van der Waals surface area contributed by atoms with Gasteiger partial charge in [0, 0.05) is 40.1 Å². The summed E-state index contributed by atoms with van der Waals surface area (Å²) < 4.78 is 0. The maximum atomic E-state index is 5.12. The molecule has 0 aliphatic heterocycles. The van der Waals surface area contributed by atoms with Crippen molar-refractivity contribution in [3.05, 3.63) is 157 Å². The van der Waals surface area contributed by atoms with Crippen molar-refractivity contribution in [2.75, 3.05) is 0 Å². The number of rotatable bonds is 5. The molecule has 1 aliphatic carbocycles. The molecule has 0 saturated heterocycles. The third-order valence-corrected chi connectivity index (χ3v) is 8.80. The van der Waals surface area contributed by atoms with Gasteiger partial charge in [-0.3, -0.25) is 0 Å². The van der Waals surface area contributed by atoms with Gasteiger partial charge in [0.25, 0.3) is 0 Å². The second-order valence-electron chi connectivity index (χ2n) is 12.0. The summed E-state index contributed by atoms with van der Waals surface area (Å²) in [6.07, 6.45) is 3.56. The van der Waals surface area contributed by atoms with Crippen LogP contribution in [0.2, 0.25) is 0 Å². The Hall–Kier alpha value is -5.74. The van der Waals surface area contributed by atoms with Crippen molar-refractivity contribution in [3.63, 3.8) is 0 Å². The summed E-state index contributed by atoms with van der Waals surface area (Å²) in [4.78, 5) is 19.5. The number of hydrogen-bond donors (Lipinski definition) is 0. The van der Waals surface area contributed by atoms with Gasteiger partial charge in [0.2, 0.25) is 0 Å². The molecule has 0 fully saturated rings. The summed E-state index contributed by atoms with van der Waals surface area (Å²) in [5.41, 5.74) is 13.1. The zero-order chi connectivity index (χ0) is 30.4. The fourth-order valence-electron chi connectivity index (χ4n) is 6.49. The number of aromatic nitrogens is 4. The van der Waals surface area contributed by atoms with Gasteiger partial charge in [-0.2, -0.15) is 0 Å². The van der Waals surface area contributed by atoms with Crippen LogP contribution in [0.5, 0.6) is 0 Å². The van der Waals surface area contributed by atoms with Gasteiger partial charge in [-0.15, -0.1) is 0 Å². The topological polar surface area (TPSA) is 51.6 Å². The van der Waals surface area contributed by atoms with Gasteiger partial charge in [-0.25, -0.2) is 19.9 Å². The Morgan fingerprint density at radius 3 is 1.62 bits per heavy atom. The van der Waals surface area contributed by atoms with Crippen molar-refractivity contribution in [1.29, 1.82) is 0 Å². The molecule has 4 nitrogen and oxygen atoms in total. The highest BCUT2D eigenvalue weighted by molar-refractivity contribution is 5.86. The van der Waals surface area contributed by atoms with E-state index in [-0.39, 0.29) is 5.41 Å². The van der Waals surface area contributed by atoms with Gasteiger partial charge in [0.15, 0.2) is 11.6 Å². The number of fused-ring (bicyclic) bond motifs is 3. The fourth-order valence-corrected chi connectivity index (χ4v) is 6.49. The van der Waals surface area contributed by atoms with Crippen molar-refractivity contribution < 1.29 is 0 Å². The van der Waals surface area contributed by atoms with Crippen molar-refractivity contribution in [2.24, 2.45) is 0 Å². The summed E-state index contributed by atoms with van der Waals surface area (Å²) in [5, 5.41) is 0. The number of benzene rings is 5. The van der Waals surface area contributed by atoms with Gasteiger partial charge >= 0.3 is 0 Å². The van der Waals surface area contributed by atoms with E-state index < -0.39 is 0 Å². The zero-order valence-corrected chi connectivity index (χ0v) is 25.1. The fraction of sp³-hybridized carbons (Fsp3) is 0.0732. The van der Waals surface area contributed by atoms with E-state index in [1.54, 1.807) is 12.4 Å². The van der Waals surface area contributed by atoms with E-state index in [0.717, 1.165) is 44.8 Å². The maximum absolute atomic E-state index is 5.12. The molecule has 1 aliphatic rings. The SMILES string of the molecule is CC1(C)c2ccccc2-c2cc(-c3cc(-c4ncccn4)cc(-c4nc(-c5ccccc5)cc(-c5ccccc5)n4)c3)ccc21. The van der Waals surface area contributed by atoms with Crippen LogP contribution in [0.15, 0.2) is 146 Å². The lowest BCUT2D eigenvalue weighted by molar-refractivity contribution is 0.660. The Balaban J connectivity index is 1.34. The third kappa shape index (κ3) is 4.81. The van der Waals surface area contributed by atoms with Crippen LogP contribution < -0.4 is 0 Å². The average molecular weight is 579 g/mol. The smallest absolute Gasteiger partial charge is 0.160 e. The predicted octanol–water partition coefficient (Wildman–Crippen LogP) is 9.91. The quantitative estimate of drug-likeness (QED) is 0.204. The molecule has 0 bridgehead atoms. The van der Waals surface area contributed by atoms with Gasteiger partial charge in [-0.1, -0.05) is 111 Å². The van der Waals surface area contributed by atoms with Crippen molar-refractivity contribution in [2.45, 2.75) is 19.3 Å². The minimum Gasteiger partial charge on any atom is -0.237 e. The Morgan fingerprint density at radius 1 is 0.400 bits per heavy atom. The van der Waals surface area contributed by atoms with E-state index >= 15 is 0 Å². The molecule has 0 unspecified atom stereocenters. The van der Waals surface area contributed by atoms with Gasteiger partial charge in [-0.05, 0) is 69.8 Å². The summed E-state index contributed by atoms with van der Waals surface area (Å²) >= 11 is 0. The Labute approximate surface area is 263 Å². The molecule has 5 aromatic carbocycles. The van der Waals surface area contributed by atoms with Crippen LogP contribution in [0.3, 0.4) is 0 Å². The second-order valence-corrected chi connectivity index (χ2v) is 12.0. The molecule has 0 N–H and O–H groups in total. The lowest BCUT2D eigenvalue weighted by Gasteiger charge is -2.21. The Morgan fingerprint density at radius 2 is 0.956 bits per heavy atom. The van der Waals surface area contributed by atoms with Gasteiger partial charge < -0.3 is 0 Å². The van der Waals surface area contributed by atoms with Crippen molar-refractivity contribution >= 4 is 0 Å². The molecular formula is C41H30N4. The minimum absolute atomic E-state index is 0.0467. The van der Waals surface area contributed by atoms with Crippen LogP contribution in [0.25, 0.3) is 67.5 Å². The van der Waals surface area contributed by atoms with E-state index in [0.29, 0.717) is 11.6 Å². The van der Waals surface area contributed by atoms with Crippen LogP contribution in [-0.2, 0) is 5.41 Å². The molecule has 0 amide bonds. The number of hydrogen-bond acceptors (Lipinski definition) is 4. The molecule has 7 aromatic rings. The normalized spacial score (nSPS) is 12.8. The zero-order valence-electron chi connectivity index (χ0n) is 25.1. The largest absolute Gasteiger partial charge is 0.237 e. The first-order valence-corrected chi connectivity index (χ1v) is 15.2.